The number of halogens is 1. The molecule has 2 atom stereocenters. The smallest absolute Gasteiger partial charge is 0.138 e. The molecule has 0 saturated heterocycles. The lowest BCUT2D eigenvalue weighted by molar-refractivity contribution is 0.102. The molecular weight excluding hydrogens is 278 g/mol. The first-order valence-corrected chi connectivity index (χ1v) is 6.87. The number of hydrogen-bond acceptors (Lipinski definition) is 2. The van der Waals surface area contributed by atoms with Crippen LogP contribution < -0.4 is 4.74 Å². The molecule has 0 radical (unpaired) electrons. The molecule has 3 heteroatoms. The van der Waals surface area contributed by atoms with Crippen molar-refractivity contribution in [3.63, 3.8) is 0 Å². The van der Waals surface area contributed by atoms with Crippen molar-refractivity contribution < 1.29 is 4.74 Å². The zero-order valence-electron chi connectivity index (χ0n) is 9.95. The second kappa shape index (κ2) is 5.55. The standard InChI is InChI=1S/C14H16BrNO/c1-10-5-2-3-7-13(10)17-14-8-4-6-12(15)11(14)9-16/h4,6,8,10,13H,2-3,5,7H2,1H3. The van der Waals surface area contributed by atoms with Gasteiger partial charge in [0.25, 0.3) is 0 Å². The summed E-state index contributed by atoms with van der Waals surface area (Å²) < 4.78 is 6.82. The molecule has 0 aromatic heterocycles. The summed E-state index contributed by atoms with van der Waals surface area (Å²) in [4.78, 5) is 0. The molecule has 0 N–H and O–H groups in total. The van der Waals surface area contributed by atoms with Gasteiger partial charge in [-0.3, -0.25) is 0 Å². The number of hydrogen-bond donors (Lipinski definition) is 0. The van der Waals surface area contributed by atoms with Crippen LogP contribution in [0.1, 0.15) is 38.2 Å². The van der Waals surface area contributed by atoms with Crippen LogP contribution in [0.2, 0.25) is 0 Å². The van der Waals surface area contributed by atoms with Crippen molar-refractivity contribution in [2.45, 2.75) is 38.7 Å². The number of rotatable bonds is 2. The Balaban J connectivity index is 2.18. The first-order valence-electron chi connectivity index (χ1n) is 6.07. The number of nitriles is 1. The maximum Gasteiger partial charge on any atom is 0.138 e. The molecule has 0 aliphatic heterocycles. The lowest BCUT2D eigenvalue weighted by Gasteiger charge is -2.29. The summed E-state index contributed by atoms with van der Waals surface area (Å²) in [6, 6.07) is 7.86. The monoisotopic (exact) mass is 293 g/mol. The Morgan fingerprint density at radius 3 is 2.82 bits per heavy atom. The van der Waals surface area contributed by atoms with Crippen LogP contribution in [-0.2, 0) is 0 Å². The van der Waals surface area contributed by atoms with E-state index in [0.717, 1.165) is 10.9 Å². The molecule has 1 aromatic carbocycles. The first kappa shape index (κ1) is 12.4. The van der Waals surface area contributed by atoms with E-state index in [2.05, 4.69) is 28.9 Å². The Labute approximate surface area is 111 Å². The minimum absolute atomic E-state index is 0.255. The number of ether oxygens (including phenoxy) is 1. The molecule has 1 saturated carbocycles. The predicted molar refractivity (Wildman–Crippen MR) is 70.9 cm³/mol. The number of benzene rings is 1. The second-order valence-electron chi connectivity index (χ2n) is 4.64. The third-order valence-electron chi connectivity index (χ3n) is 3.40. The van der Waals surface area contributed by atoms with E-state index in [0.29, 0.717) is 17.2 Å². The van der Waals surface area contributed by atoms with Crippen LogP contribution in [0, 0.1) is 17.2 Å². The molecule has 2 unspecified atom stereocenters. The third kappa shape index (κ3) is 2.81. The lowest BCUT2D eigenvalue weighted by atomic mass is 9.88. The highest BCUT2D eigenvalue weighted by atomic mass is 79.9. The number of nitrogens with zero attached hydrogens (tertiary/aromatic N) is 1. The Hall–Kier alpha value is -1.01. The fourth-order valence-electron chi connectivity index (χ4n) is 2.33. The van der Waals surface area contributed by atoms with Crippen LogP contribution in [0.5, 0.6) is 5.75 Å². The van der Waals surface area contributed by atoms with Crippen LogP contribution in [0.25, 0.3) is 0 Å². The van der Waals surface area contributed by atoms with E-state index in [1.54, 1.807) is 0 Å². The summed E-state index contributed by atoms with van der Waals surface area (Å²) in [6.45, 7) is 2.23. The van der Waals surface area contributed by atoms with Crippen LogP contribution in [-0.4, -0.2) is 6.10 Å². The zero-order valence-corrected chi connectivity index (χ0v) is 11.5. The Kier molecular flexibility index (Phi) is 4.06. The van der Waals surface area contributed by atoms with Crippen molar-refractivity contribution >= 4 is 15.9 Å². The fraction of sp³-hybridized carbons (Fsp3) is 0.500. The quantitative estimate of drug-likeness (QED) is 0.815. The van der Waals surface area contributed by atoms with Crippen molar-refractivity contribution in [1.29, 1.82) is 5.26 Å². The van der Waals surface area contributed by atoms with Gasteiger partial charge in [-0.25, -0.2) is 0 Å². The van der Waals surface area contributed by atoms with Gasteiger partial charge in [-0.2, -0.15) is 5.26 Å². The maximum atomic E-state index is 9.13. The van der Waals surface area contributed by atoms with Gasteiger partial charge in [0.15, 0.2) is 0 Å². The van der Waals surface area contributed by atoms with Gasteiger partial charge >= 0.3 is 0 Å². The summed E-state index contributed by atoms with van der Waals surface area (Å²) in [7, 11) is 0. The molecule has 1 aliphatic carbocycles. The van der Waals surface area contributed by atoms with Gasteiger partial charge in [0.2, 0.25) is 0 Å². The van der Waals surface area contributed by atoms with Gasteiger partial charge in [0.1, 0.15) is 23.5 Å². The zero-order chi connectivity index (χ0) is 12.3. The molecule has 0 bridgehead atoms. The lowest BCUT2D eigenvalue weighted by Crippen LogP contribution is -2.28. The summed E-state index contributed by atoms with van der Waals surface area (Å²) in [5.74, 6) is 1.29. The molecule has 0 heterocycles. The van der Waals surface area contributed by atoms with Crippen LogP contribution >= 0.6 is 15.9 Å². The predicted octanol–water partition coefficient (Wildman–Crippen LogP) is 4.28. The Morgan fingerprint density at radius 1 is 1.35 bits per heavy atom. The molecule has 1 aromatic rings. The Morgan fingerprint density at radius 2 is 2.12 bits per heavy atom. The molecule has 1 aliphatic rings. The average Bonchev–Trinajstić information content (AvgIpc) is 2.32. The van der Waals surface area contributed by atoms with E-state index >= 15 is 0 Å². The van der Waals surface area contributed by atoms with Gasteiger partial charge in [-0.1, -0.05) is 19.4 Å². The molecule has 0 amide bonds. The molecule has 1 fully saturated rings. The van der Waals surface area contributed by atoms with E-state index in [9.17, 15) is 0 Å². The topological polar surface area (TPSA) is 33.0 Å². The average molecular weight is 294 g/mol. The van der Waals surface area contributed by atoms with Gasteiger partial charge in [0, 0.05) is 4.47 Å². The third-order valence-corrected chi connectivity index (χ3v) is 4.06. The van der Waals surface area contributed by atoms with Gasteiger partial charge in [0.05, 0.1) is 0 Å². The summed E-state index contributed by atoms with van der Waals surface area (Å²) in [5, 5.41) is 9.13. The minimum Gasteiger partial charge on any atom is -0.489 e. The van der Waals surface area contributed by atoms with E-state index in [1.165, 1.54) is 19.3 Å². The summed E-state index contributed by atoms with van der Waals surface area (Å²) in [6.07, 6.45) is 5.10. The van der Waals surface area contributed by atoms with Gasteiger partial charge < -0.3 is 4.74 Å². The van der Waals surface area contributed by atoms with Crippen LogP contribution in [0.4, 0.5) is 0 Å². The van der Waals surface area contributed by atoms with Crippen molar-refractivity contribution in [2.24, 2.45) is 5.92 Å². The highest BCUT2D eigenvalue weighted by Gasteiger charge is 2.23. The van der Waals surface area contributed by atoms with Crippen molar-refractivity contribution in [2.75, 3.05) is 0 Å². The van der Waals surface area contributed by atoms with Crippen molar-refractivity contribution in [3.8, 4) is 11.8 Å². The normalized spacial score (nSPS) is 24.1. The maximum absolute atomic E-state index is 9.13. The second-order valence-corrected chi connectivity index (χ2v) is 5.50. The largest absolute Gasteiger partial charge is 0.489 e. The van der Waals surface area contributed by atoms with Gasteiger partial charge in [-0.05, 0) is 53.2 Å². The summed E-state index contributed by atoms with van der Waals surface area (Å²) in [5.41, 5.74) is 0.602. The van der Waals surface area contributed by atoms with Crippen molar-refractivity contribution in [1.82, 2.24) is 0 Å². The summed E-state index contributed by atoms with van der Waals surface area (Å²) >= 11 is 3.38. The molecular formula is C14H16BrNO. The van der Waals surface area contributed by atoms with E-state index < -0.39 is 0 Å². The highest BCUT2D eigenvalue weighted by molar-refractivity contribution is 9.10. The molecule has 2 rings (SSSR count). The minimum atomic E-state index is 0.255. The van der Waals surface area contributed by atoms with E-state index in [-0.39, 0.29) is 6.10 Å². The molecule has 2 nitrogen and oxygen atoms in total. The fourth-order valence-corrected chi connectivity index (χ4v) is 2.77. The highest BCUT2D eigenvalue weighted by Crippen LogP contribution is 2.31. The van der Waals surface area contributed by atoms with E-state index in [1.807, 2.05) is 18.2 Å². The van der Waals surface area contributed by atoms with E-state index in [4.69, 9.17) is 10.00 Å². The van der Waals surface area contributed by atoms with Crippen molar-refractivity contribution in [3.05, 3.63) is 28.2 Å². The van der Waals surface area contributed by atoms with Crippen LogP contribution in [0.3, 0.4) is 0 Å². The Bertz CT molecular complexity index is 438. The molecule has 0 spiro atoms. The van der Waals surface area contributed by atoms with Crippen LogP contribution in [0.15, 0.2) is 22.7 Å². The SMILES string of the molecule is CC1CCCCC1Oc1cccc(Br)c1C#N. The first-order chi connectivity index (χ1) is 8.22. The molecule has 17 heavy (non-hydrogen) atoms. The molecule has 90 valence electrons. The van der Waals surface area contributed by atoms with Gasteiger partial charge in [-0.15, -0.1) is 0 Å².